The van der Waals surface area contributed by atoms with Crippen LogP contribution in [0.25, 0.3) is 5.65 Å². The second kappa shape index (κ2) is 5.44. The lowest BCUT2D eigenvalue weighted by molar-refractivity contribution is -0.132. The summed E-state index contributed by atoms with van der Waals surface area (Å²) in [6, 6.07) is 4.24. The molecule has 5 rings (SSSR count). The summed E-state index contributed by atoms with van der Waals surface area (Å²) in [6.07, 6.45) is 9.23. The molecule has 1 amide bonds. The van der Waals surface area contributed by atoms with Gasteiger partial charge in [-0.05, 0) is 50.2 Å². The fraction of sp³-hybridized carbons (Fsp3) is 0.632. The molecule has 6 heteroatoms. The van der Waals surface area contributed by atoms with Crippen molar-refractivity contribution in [3.63, 3.8) is 0 Å². The molecule has 1 aliphatic heterocycles. The van der Waals surface area contributed by atoms with Gasteiger partial charge in [-0.2, -0.15) is 0 Å². The van der Waals surface area contributed by atoms with Crippen molar-refractivity contribution < 1.29 is 4.79 Å². The number of carbonyl (C=O) groups excluding carboxylic acids is 1. The Bertz CT molecular complexity index is 822. The topological polar surface area (TPSA) is 62.5 Å². The molecule has 1 spiro atoms. The molecule has 3 aliphatic rings. The number of nitrogens with zero attached hydrogens (tertiary/aromatic N) is 4. The van der Waals surface area contributed by atoms with Gasteiger partial charge in [0.1, 0.15) is 5.82 Å². The fourth-order valence-corrected chi connectivity index (χ4v) is 4.91. The van der Waals surface area contributed by atoms with E-state index in [1.54, 1.807) is 0 Å². The first-order chi connectivity index (χ1) is 12.1. The highest BCUT2D eigenvalue weighted by molar-refractivity contribution is 5.83. The molecule has 3 heterocycles. The van der Waals surface area contributed by atoms with Crippen molar-refractivity contribution in [2.45, 2.75) is 51.5 Å². The number of aromatic nitrogens is 3. The van der Waals surface area contributed by atoms with Gasteiger partial charge < -0.3 is 10.2 Å². The molecule has 2 saturated carbocycles. The largest absolute Gasteiger partial charge is 0.364 e. The Hall–Kier alpha value is -2.11. The van der Waals surface area contributed by atoms with Crippen LogP contribution >= 0.6 is 0 Å². The van der Waals surface area contributed by atoms with Gasteiger partial charge in [0.25, 0.3) is 0 Å². The molecule has 25 heavy (non-hydrogen) atoms. The Kier molecular flexibility index (Phi) is 3.30. The highest BCUT2D eigenvalue weighted by Crippen LogP contribution is 2.63. The lowest BCUT2D eigenvalue weighted by Gasteiger charge is -2.19. The van der Waals surface area contributed by atoms with E-state index in [1.807, 2.05) is 29.8 Å². The standard InChI is InChI=1S/C19H25N5O/c1-13-11-24-17(20-13)5-4-16(22-24)21-14-6-9-23(12-14)18(25)15-10-19(15)7-2-3-8-19/h4-5,11,14-15H,2-3,6-10,12H2,1H3,(H,21,22). The summed E-state index contributed by atoms with van der Waals surface area (Å²) in [6.45, 7) is 3.64. The molecule has 2 unspecified atom stereocenters. The fourth-order valence-electron chi connectivity index (χ4n) is 4.91. The van der Waals surface area contributed by atoms with Gasteiger partial charge in [-0.1, -0.05) is 12.8 Å². The Labute approximate surface area is 147 Å². The number of anilines is 1. The third-order valence-corrected chi connectivity index (χ3v) is 6.38. The number of hydrogen-bond acceptors (Lipinski definition) is 4. The van der Waals surface area contributed by atoms with Crippen LogP contribution in [0.5, 0.6) is 0 Å². The second-order valence-electron chi connectivity index (χ2n) is 8.14. The molecule has 132 valence electrons. The summed E-state index contributed by atoms with van der Waals surface area (Å²) in [5.74, 6) is 1.57. The van der Waals surface area contributed by atoms with Gasteiger partial charge in [0.15, 0.2) is 5.65 Å². The van der Waals surface area contributed by atoms with Crippen LogP contribution in [0, 0.1) is 18.3 Å². The molecule has 1 saturated heterocycles. The first kappa shape index (κ1) is 15.2. The molecule has 0 aromatic carbocycles. The summed E-state index contributed by atoms with van der Waals surface area (Å²) in [5.41, 5.74) is 2.23. The molecule has 3 fully saturated rings. The summed E-state index contributed by atoms with van der Waals surface area (Å²) >= 11 is 0. The van der Waals surface area contributed by atoms with E-state index in [1.165, 1.54) is 25.7 Å². The molecule has 2 aromatic rings. The predicted octanol–water partition coefficient (Wildman–Crippen LogP) is 2.63. The number of imidazole rings is 1. The van der Waals surface area contributed by atoms with Crippen LogP contribution in [-0.4, -0.2) is 44.5 Å². The van der Waals surface area contributed by atoms with Crippen LogP contribution < -0.4 is 5.32 Å². The maximum absolute atomic E-state index is 12.8. The van der Waals surface area contributed by atoms with Crippen LogP contribution in [0.4, 0.5) is 5.82 Å². The highest BCUT2D eigenvalue weighted by atomic mass is 16.2. The lowest BCUT2D eigenvalue weighted by Crippen LogP contribution is -2.33. The molecular formula is C19H25N5O. The zero-order valence-corrected chi connectivity index (χ0v) is 14.7. The Morgan fingerprint density at radius 2 is 2.16 bits per heavy atom. The van der Waals surface area contributed by atoms with Gasteiger partial charge >= 0.3 is 0 Å². The number of aryl methyl sites for hydroxylation is 1. The highest BCUT2D eigenvalue weighted by Gasteiger charge is 2.59. The van der Waals surface area contributed by atoms with E-state index in [0.29, 0.717) is 17.2 Å². The van der Waals surface area contributed by atoms with Gasteiger partial charge in [0.2, 0.25) is 5.91 Å². The molecule has 2 atom stereocenters. The number of fused-ring (bicyclic) bond motifs is 1. The molecule has 2 aliphatic carbocycles. The van der Waals surface area contributed by atoms with E-state index in [9.17, 15) is 4.79 Å². The van der Waals surface area contributed by atoms with Gasteiger partial charge in [-0.15, -0.1) is 5.10 Å². The third kappa shape index (κ3) is 2.58. The summed E-state index contributed by atoms with van der Waals surface area (Å²) in [7, 11) is 0. The van der Waals surface area contributed by atoms with Crippen molar-refractivity contribution in [1.29, 1.82) is 0 Å². The van der Waals surface area contributed by atoms with Crippen LogP contribution in [0.2, 0.25) is 0 Å². The van der Waals surface area contributed by atoms with Gasteiger partial charge in [-0.25, -0.2) is 9.50 Å². The quantitative estimate of drug-likeness (QED) is 0.934. The van der Waals surface area contributed by atoms with E-state index in [0.717, 1.165) is 43.1 Å². The maximum atomic E-state index is 12.8. The number of rotatable bonds is 3. The van der Waals surface area contributed by atoms with E-state index in [2.05, 4.69) is 20.3 Å². The maximum Gasteiger partial charge on any atom is 0.226 e. The molecular weight excluding hydrogens is 314 g/mol. The van der Waals surface area contributed by atoms with Crippen LogP contribution in [0.3, 0.4) is 0 Å². The normalized spacial score (nSPS) is 27.3. The van der Waals surface area contributed by atoms with Crippen LogP contribution in [0.1, 0.15) is 44.2 Å². The van der Waals surface area contributed by atoms with Crippen molar-refractivity contribution in [3.05, 3.63) is 24.0 Å². The average Bonchev–Trinajstić information content (AvgIpc) is 2.97. The van der Waals surface area contributed by atoms with Gasteiger partial charge in [-0.3, -0.25) is 4.79 Å². The van der Waals surface area contributed by atoms with Crippen molar-refractivity contribution in [2.24, 2.45) is 11.3 Å². The summed E-state index contributed by atoms with van der Waals surface area (Å²) in [4.78, 5) is 19.3. The molecule has 1 N–H and O–H groups in total. The number of likely N-dealkylation sites (tertiary alicyclic amines) is 1. The summed E-state index contributed by atoms with van der Waals surface area (Å²) in [5, 5.41) is 8.07. The van der Waals surface area contributed by atoms with Crippen molar-refractivity contribution in [2.75, 3.05) is 18.4 Å². The monoisotopic (exact) mass is 339 g/mol. The second-order valence-corrected chi connectivity index (χ2v) is 8.14. The number of amides is 1. The van der Waals surface area contributed by atoms with Crippen molar-refractivity contribution in [3.8, 4) is 0 Å². The van der Waals surface area contributed by atoms with Crippen LogP contribution in [-0.2, 0) is 4.79 Å². The first-order valence-electron chi connectivity index (χ1n) is 9.51. The minimum Gasteiger partial charge on any atom is -0.364 e. The molecule has 0 radical (unpaired) electrons. The van der Waals surface area contributed by atoms with Crippen LogP contribution in [0.15, 0.2) is 18.3 Å². The van der Waals surface area contributed by atoms with E-state index in [4.69, 9.17) is 0 Å². The molecule has 2 aromatic heterocycles. The smallest absolute Gasteiger partial charge is 0.226 e. The Balaban J connectivity index is 1.22. The van der Waals surface area contributed by atoms with Gasteiger partial charge in [0.05, 0.1) is 11.9 Å². The van der Waals surface area contributed by atoms with Crippen molar-refractivity contribution >= 4 is 17.4 Å². The first-order valence-corrected chi connectivity index (χ1v) is 9.51. The average molecular weight is 339 g/mol. The Morgan fingerprint density at radius 1 is 1.32 bits per heavy atom. The van der Waals surface area contributed by atoms with E-state index in [-0.39, 0.29) is 6.04 Å². The number of nitrogens with one attached hydrogen (secondary N) is 1. The summed E-state index contributed by atoms with van der Waals surface area (Å²) < 4.78 is 1.81. The Morgan fingerprint density at radius 3 is 3.00 bits per heavy atom. The minimum atomic E-state index is 0.289. The van der Waals surface area contributed by atoms with E-state index >= 15 is 0 Å². The van der Waals surface area contributed by atoms with E-state index < -0.39 is 0 Å². The molecule has 6 nitrogen and oxygen atoms in total. The minimum absolute atomic E-state index is 0.289. The predicted molar refractivity (Wildman–Crippen MR) is 95.3 cm³/mol. The lowest BCUT2D eigenvalue weighted by atomic mass is 10.0. The third-order valence-electron chi connectivity index (χ3n) is 6.38. The molecule has 0 bridgehead atoms. The van der Waals surface area contributed by atoms with Crippen molar-refractivity contribution in [1.82, 2.24) is 19.5 Å². The zero-order chi connectivity index (χ0) is 17.0. The number of hydrogen-bond donors (Lipinski definition) is 1. The number of carbonyl (C=O) groups is 1. The SMILES string of the molecule is Cc1cn2nc(NC3CCN(C(=O)C4CC45CCCC5)C3)ccc2n1. The zero-order valence-electron chi connectivity index (χ0n) is 14.7. The van der Waals surface area contributed by atoms with Gasteiger partial charge in [0, 0.05) is 25.0 Å².